The van der Waals surface area contributed by atoms with Crippen molar-refractivity contribution in [1.29, 1.82) is 0 Å². The number of nitrogens with zero attached hydrogens (tertiary/aromatic N) is 2. The zero-order valence-electron chi connectivity index (χ0n) is 20.1. The summed E-state index contributed by atoms with van der Waals surface area (Å²) in [6.45, 7) is 8.30. The number of hydrogen-bond acceptors (Lipinski definition) is 4. The molecule has 7 heteroatoms. The fourth-order valence-electron chi connectivity index (χ4n) is 4.68. The van der Waals surface area contributed by atoms with Crippen molar-refractivity contribution in [3.63, 3.8) is 0 Å². The molecule has 0 amide bonds. The monoisotopic (exact) mass is 474 g/mol. The molecule has 1 aliphatic heterocycles. The fourth-order valence-corrected chi connectivity index (χ4v) is 6.68. The minimum atomic E-state index is -4.01. The number of rotatable bonds is 8. The molecule has 1 aliphatic rings. The normalized spacial score (nSPS) is 26.5. The Morgan fingerprint density at radius 3 is 1.33 bits per heavy atom. The largest absolute Gasteiger partial charge is 0.389 e. The SMILES string of the molecule is CC(C)C[C@H]1[C@H](O)[C@H](O)[C@H](CC(C)C)N(Cc2ccccc2)S(=O)(=O)N1Cc1ccccc1. The third-order valence-corrected chi connectivity index (χ3v) is 8.24. The molecule has 0 aromatic heterocycles. The first-order chi connectivity index (χ1) is 15.6. The predicted molar refractivity (Wildman–Crippen MR) is 131 cm³/mol. The second-order valence-corrected chi connectivity index (χ2v) is 11.8. The van der Waals surface area contributed by atoms with Crippen molar-refractivity contribution < 1.29 is 18.6 Å². The van der Waals surface area contributed by atoms with Crippen LogP contribution >= 0.6 is 0 Å². The van der Waals surface area contributed by atoms with Gasteiger partial charge in [-0.1, -0.05) is 88.4 Å². The van der Waals surface area contributed by atoms with E-state index in [0.717, 1.165) is 11.1 Å². The molecule has 2 aromatic carbocycles. The van der Waals surface area contributed by atoms with Gasteiger partial charge in [-0.05, 0) is 35.8 Å². The molecule has 1 heterocycles. The number of aliphatic hydroxyl groups excluding tert-OH is 2. The zero-order chi connectivity index (χ0) is 24.2. The van der Waals surface area contributed by atoms with E-state index < -0.39 is 34.5 Å². The van der Waals surface area contributed by atoms with Crippen LogP contribution in [0.2, 0.25) is 0 Å². The Labute approximate surface area is 199 Å². The van der Waals surface area contributed by atoms with Crippen LogP contribution in [0, 0.1) is 11.8 Å². The molecule has 33 heavy (non-hydrogen) atoms. The summed E-state index contributed by atoms with van der Waals surface area (Å²) in [4.78, 5) is 0. The van der Waals surface area contributed by atoms with Crippen molar-refractivity contribution in [3.05, 3.63) is 71.8 Å². The van der Waals surface area contributed by atoms with Crippen molar-refractivity contribution in [2.24, 2.45) is 11.8 Å². The summed E-state index contributed by atoms with van der Waals surface area (Å²) >= 11 is 0. The Morgan fingerprint density at radius 1 is 0.697 bits per heavy atom. The van der Waals surface area contributed by atoms with E-state index in [1.165, 1.54) is 8.61 Å². The molecule has 2 N–H and O–H groups in total. The lowest BCUT2D eigenvalue weighted by molar-refractivity contribution is -0.0483. The van der Waals surface area contributed by atoms with Gasteiger partial charge in [0.2, 0.25) is 0 Å². The number of hydrogen-bond donors (Lipinski definition) is 2. The van der Waals surface area contributed by atoms with E-state index in [1.807, 2.05) is 88.4 Å². The molecule has 3 rings (SSSR count). The summed E-state index contributed by atoms with van der Waals surface area (Å²) in [5.41, 5.74) is 1.69. The van der Waals surface area contributed by atoms with Crippen LogP contribution in [0.4, 0.5) is 0 Å². The molecule has 0 unspecified atom stereocenters. The van der Waals surface area contributed by atoms with Gasteiger partial charge in [0, 0.05) is 13.1 Å². The molecule has 6 nitrogen and oxygen atoms in total. The maximum atomic E-state index is 14.2. The van der Waals surface area contributed by atoms with Crippen LogP contribution in [0.1, 0.15) is 51.7 Å². The van der Waals surface area contributed by atoms with Crippen LogP contribution in [-0.4, -0.2) is 51.5 Å². The predicted octanol–water partition coefficient (Wildman–Crippen LogP) is 3.80. The van der Waals surface area contributed by atoms with Crippen LogP contribution in [0.25, 0.3) is 0 Å². The zero-order valence-corrected chi connectivity index (χ0v) is 20.9. The first kappa shape index (κ1) is 25.8. The van der Waals surface area contributed by atoms with Gasteiger partial charge in [-0.2, -0.15) is 17.0 Å². The van der Waals surface area contributed by atoms with Crippen molar-refractivity contribution in [2.45, 2.75) is 77.9 Å². The van der Waals surface area contributed by atoms with Crippen LogP contribution in [0.5, 0.6) is 0 Å². The molecular weight excluding hydrogens is 436 g/mol. The maximum Gasteiger partial charge on any atom is 0.283 e. The highest BCUT2D eigenvalue weighted by atomic mass is 32.2. The van der Waals surface area contributed by atoms with Gasteiger partial charge in [0.1, 0.15) is 0 Å². The Balaban J connectivity index is 2.13. The molecule has 0 radical (unpaired) electrons. The maximum absolute atomic E-state index is 14.2. The lowest BCUT2D eigenvalue weighted by Crippen LogP contribution is -2.50. The van der Waals surface area contributed by atoms with Crippen molar-refractivity contribution >= 4 is 10.2 Å². The molecular formula is C26H38N2O4S. The number of aliphatic hydroxyl groups is 2. The van der Waals surface area contributed by atoms with Crippen molar-refractivity contribution in [2.75, 3.05) is 0 Å². The van der Waals surface area contributed by atoms with E-state index in [-0.39, 0.29) is 24.9 Å². The van der Waals surface area contributed by atoms with Gasteiger partial charge >= 0.3 is 0 Å². The van der Waals surface area contributed by atoms with Crippen LogP contribution in [0.3, 0.4) is 0 Å². The summed E-state index contributed by atoms with van der Waals surface area (Å²) in [6, 6.07) is 17.4. The third kappa shape index (κ3) is 6.22. The van der Waals surface area contributed by atoms with Crippen molar-refractivity contribution in [1.82, 2.24) is 8.61 Å². The molecule has 0 saturated carbocycles. The Bertz CT molecular complexity index is 893. The first-order valence-corrected chi connectivity index (χ1v) is 13.2. The highest BCUT2D eigenvalue weighted by Gasteiger charge is 2.50. The quantitative estimate of drug-likeness (QED) is 0.610. The van der Waals surface area contributed by atoms with Gasteiger partial charge in [0.15, 0.2) is 0 Å². The summed E-state index contributed by atoms with van der Waals surface area (Å²) in [6.07, 6.45) is -1.46. The number of benzene rings is 2. The molecule has 0 spiro atoms. The third-order valence-electron chi connectivity index (χ3n) is 6.26. The van der Waals surface area contributed by atoms with Gasteiger partial charge in [-0.3, -0.25) is 0 Å². The Kier molecular flexibility index (Phi) is 8.70. The van der Waals surface area contributed by atoms with Crippen LogP contribution in [-0.2, 0) is 23.3 Å². The summed E-state index contributed by atoms with van der Waals surface area (Å²) in [5.74, 6) is 0.295. The molecule has 4 atom stereocenters. The van der Waals surface area contributed by atoms with Crippen molar-refractivity contribution in [3.8, 4) is 0 Å². The minimum Gasteiger partial charge on any atom is -0.389 e. The molecule has 0 bridgehead atoms. The lowest BCUT2D eigenvalue weighted by Gasteiger charge is -2.35. The summed E-state index contributed by atoms with van der Waals surface area (Å²) in [7, 11) is -4.01. The van der Waals surface area contributed by atoms with E-state index in [2.05, 4.69) is 0 Å². The highest BCUT2D eigenvalue weighted by Crippen LogP contribution is 2.34. The fraction of sp³-hybridized carbons (Fsp3) is 0.538. The summed E-state index contributed by atoms with van der Waals surface area (Å²) in [5, 5.41) is 22.7. The van der Waals surface area contributed by atoms with Gasteiger partial charge in [-0.15, -0.1) is 0 Å². The van der Waals surface area contributed by atoms with Gasteiger partial charge in [-0.25, -0.2) is 0 Å². The standard InChI is InChI=1S/C26H38N2O4S/c1-19(2)15-23-25(29)26(30)24(16-20(3)4)28(18-22-13-9-6-10-14-22)33(31,32)27(23)17-21-11-7-5-8-12-21/h5-14,19-20,23-26,29-30H,15-18H2,1-4H3/t23-,24-,25-,26+/m0/s1. The smallest absolute Gasteiger partial charge is 0.283 e. The minimum absolute atomic E-state index is 0.143. The van der Waals surface area contributed by atoms with Crippen LogP contribution < -0.4 is 0 Å². The molecule has 2 aromatic rings. The molecule has 1 fully saturated rings. The average molecular weight is 475 g/mol. The Hall–Kier alpha value is -1.77. The van der Waals surface area contributed by atoms with E-state index in [4.69, 9.17) is 0 Å². The molecule has 182 valence electrons. The Morgan fingerprint density at radius 2 is 1.03 bits per heavy atom. The molecule has 0 aliphatic carbocycles. The second kappa shape index (κ2) is 11.1. The van der Waals surface area contributed by atoms with E-state index in [1.54, 1.807) is 0 Å². The second-order valence-electron chi connectivity index (χ2n) is 9.94. The van der Waals surface area contributed by atoms with Gasteiger partial charge in [0.25, 0.3) is 10.2 Å². The average Bonchev–Trinajstić information content (AvgIpc) is 2.82. The topological polar surface area (TPSA) is 81.1 Å². The lowest BCUT2D eigenvalue weighted by atomic mass is 9.89. The highest BCUT2D eigenvalue weighted by molar-refractivity contribution is 7.86. The van der Waals surface area contributed by atoms with Gasteiger partial charge in [0.05, 0.1) is 24.3 Å². The molecule has 1 saturated heterocycles. The van der Waals surface area contributed by atoms with E-state index >= 15 is 0 Å². The van der Waals surface area contributed by atoms with Crippen LogP contribution in [0.15, 0.2) is 60.7 Å². The summed E-state index contributed by atoms with van der Waals surface area (Å²) < 4.78 is 31.3. The van der Waals surface area contributed by atoms with E-state index in [9.17, 15) is 18.6 Å². The first-order valence-electron chi connectivity index (χ1n) is 11.8. The van der Waals surface area contributed by atoms with E-state index in [0.29, 0.717) is 12.8 Å². The van der Waals surface area contributed by atoms with Gasteiger partial charge < -0.3 is 10.2 Å².